The Balaban J connectivity index is 1.94. The van der Waals surface area contributed by atoms with Gasteiger partial charge < -0.3 is 24.8 Å². The van der Waals surface area contributed by atoms with Crippen molar-refractivity contribution in [1.82, 2.24) is 4.90 Å². The fourth-order valence-electron chi connectivity index (χ4n) is 2.68. The third kappa shape index (κ3) is 4.03. The van der Waals surface area contributed by atoms with E-state index in [9.17, 15) is 19.8 Å². The highest BCUT2D eigenvalue weighted by atomic mass is 32.2. The van der Waals surface area contributed by atoms with Gasteiger partial charge in [-0.2, -0.15) is 0 Å². The van der Waals surface area contributed by atoms with Crippen molar-refractivity contribution in [2.75, 3.05) is 21.3 Å². The zero-order chi connectivity index (χ0) is 22.0. The number of carbonyl (C=O) groups is 2. The van der Waals surface area contributed by atoms with Crippen molar-refractivity contribution < 1.29 is 34.4 Å². The van der Waals surface area contributed by atoms with E-state index in [-0.39, 0.29) is 28.7 Å². The smallest absolute Gasteiger partial charge is 0.339 e. The quantitative estimate of drug-likeness (QED) is 0.618. The molecule has 0 aliphatic carbocycles. The van der Waals surface area contributed by atoms with E-state index in [2.05, 4.69) is 4.99 Å². The van der Waals surface area contributed by atoms with Crippen LogP contribution in [0.25, 0.3) is 6.08 Å². The van der Waals surface area contributed by atoms with E-state index in [1.807, 2.05) is 0 Å². The second kappa shape index (κ2) is 8.37. The minimum atomic E-state index is -1.25. The first-order chi connectivity index (χ1) is 14.2. The number of hydrogen-bond acceptors (Lipinski definition) is 8. The number of thioether (sulfide) groups is 1. The monoisotopic (exact) mass is 430 g/mol. The molecular formula is C20H18N2O7S. The maximum absolute atomic E-state index is 12.6. The van der Waals surface area contributed by atoms with Crippen LogP contribution in [0.1, 0.15) is 15.9 Å². The number of methoxy groups -OCH3 is 2. The van der Waals surface area contributed by atoms with Crippen molar-refractivity contribution in [3.63, 3.8) is 0 Å². The van der Waals surface area contributed by atoms with Crippen LogP contribution in [-0.2, 0) is 4.79 Å². The lowest BCUT2D eigenvalue weighted by molar-refractivity contribution is -0.121. The van der Waals surface area contributed by atoms with Crippen LogP contribution >= 0.6 is 11.8 Å². The summed E-state index contributed by atoms with van der Waals surface area (Å²) >= 11 is 1.11. The van der Waals surface area contributed by atoms with Crippen LogP contribution in [0.3, 0.4) is 0 Å². The van der Waals surface area contributed by atoms with E-state index >= 15 is 0 Å². The van der Waals surface area contributed by atoms with E-state index in [4.69, 9.17) is 14.6 Å². The number of rotatable bonds is 5. The Labute approximate surface area is 175 Å². The molecule has 10 heteroatoms. The first-order valence-electron chi connectivity index (χ1n) is 8.52. The van der Waals surface area contributed by atoms with E-state index in [0.717, 1.165) is 11.8 Å². The SMILES string of the molecule is COc1cc(/C=C2\SC(=Nc3ccc(C(=O)O)c(O)c3)N(C)C2=O)cc(OC)c1O. The number of ether oxygens (including phenoxy) is 2. The van der Waals surface area contributed by atoms with Gasteiger partial charge >= 0.3 is 5.97 Å². The van der Waals surface area contributed by atoms with Crippen molar-refractivity contribution in [1.29, 1.82) is 0 Å². The number of likely N-dealkylation sites (N-methyl/N-ethyl adjacent to an activating group) is 1. The van der Waals surface area contributed by atoms with E-state index in [0.29, 0.717) is 21.3 Å². The van der Waals surface area contributed by atoms with Crippen molar-refractivity contribution in [2.24, 2.45) is 4.99 Å². The van der Waals surface area contributed by atoms with E-state index in [1.165, 1.54) is 37.3 Å². The summed E-state index contributed by atoms with van der Waals surface area (Å²) in [7, 11) is 4.37. The van der Waals surface area contributed by atoms with Crippen molar-refractivity contribution in [3.8, 4) is 23.0 Å². The predicted molar refractivity (Wildman–Crippen MR) is 112 cm³/mol. The molecule has 156 valence electrons. The summed E-state index contributed by atoms with van der Waals surface area (Å²) < 4.78 is 10.3. The number of hydrogen-bond donors (Lipinski definition) is 3. The molecule has 0 radical (unpaired) electrons. The minimum Gasteiger partial charge on any atom is -0.507 e. The summed E-state index contributed by atoms with van der Waals surface area (Å²) in [5.74, 6) is -1.70. The molecule has 2 aromatic carbocycles. The predicted octanol–water partition coefficient (Wildman–Crippen LogP) is 3.05. The Hall–Kier alpha value is -3.66. The first-order valence-corrected chi connectivity index (χ1v) is 9.34. The molecule has 1 heterocycles. The molecule has 0 aromatic heterocycles. The Morgan fingerprint density at radius 1 is 1.13 bits per heavy atom. The maximum Gasteiger partial charge on any atom is 0.339 e. The van der Waals surface area contributed by atoms with E-state index in [1.54, 1.807) is 25.3 Å². The number of amidine groups is 1. The van der Waals surface area contributed by atoms with Crippen LogP contribution < -0.4 is 9.47 Å². The number of carboxylic acids is 1. The topological polar surface area (TPSA) is 129 Å². The number of carbonyl (C=O) groups excluding carboxylic acids is 1. The van der Waals surface area contributed by atoms with Crippen molar-refractivity contribution in [2.45, 2.75) is 0 Å². The fourth-order valence-corrected chi connectivity index (χ4v) is 3.67. The number of aromatic hydroxyl groups is 2. The third-order valence-corrected chi connectivity index (χ3v) is 5.30. The van der Waals surface area contributed by atoms with Crippen LogP contribution in [-0.4, -0.2) is 58.5 Å². The molecule has 0 saturated carbocycles. The number of carboxylic acid groups (broad SMARTS) is 1. The number of nitrogens with zero attached hydrogens (tertiary/aromatic N) is 2. The van der Waals surface area contributed by atoms with Gasteiger partial charge in [-0.3, -0.25) is 9.69 Å². The second-order valence-electron chi connectivity index (χ2n) is 6.15. The Bertz CT molecular complexity index is 1070. The maximum atomic E-state index is 12.6. The molecule has 2 aromatic rings. The lowest BCUT2D eigenvalue weighted by atomic mass is 10.1. The van der Waals surface area contributed by atoms with Gasteiger partial charge in [0.05, 0.1) is 24.8 Å². The van der Waals surface area contributed by atoms with Gasteiger partial charge in [0.1, 0.15) is 11.3 Å². The fraction of sp³-hybridized carbons (Fsp3) is 0.150. The molecule has 1 fully saturated rings. The lowest BCUT2D eigenvalue weighted by Crippen LogP contribution is -2.23. The summed E-state index contributed by atoms with van der Waals surface area (Å²) in [4.78, 5) is 29.7. The highest BCUT2D eigenvalue weighted by Gasteiger charge is 2.30. The summed E-state index contributed by atoms with van der Waals surface area (Å²) in [6.45, 7) is 0. The summed E-state index contributed by atoms with van der Waals surface area (Å²) in [5, 5.41) is 29.2. The Morgan fingerprint density at radius 2 is 1.77 bits per heavy atom. The van der Waals surface area contributed by atoms with Crippen LogP contribution in [0.15, 0.2) is 40.2 Å². The van der Waals surface area contributed by atoms with Crippen molar-refractivity contribution >= 4 is 40.6 Å². The minimum absolute atomic E-state index is 0.142. The largest absolute Gasteiger partial charge is 0.507 e. The van der Waals surface area contributed by atoms with Crippen LogP contribution in [0.2, 0.25) is 0 Å². The van der Waals surface area contributed by atoms with Gasteiger partial charge in [0.15, 0.2) is 16.7 Å². The third-order valence-electron chi connectivity index (χ3n) is 4.24. The van der Waals surface area contributed by atoms with Crippen molar-refractivity contribution in [3.05, 3.63) is 46.4 Å². The van der Waals surface area contributed by atoms with Gasteiger partial charge in [0, 0.05) is 13.1 Å². The molecule has 0 spiro atoms. The molecule has 1 aliphatic rings. The van der Waals surface area contributed by atoms with E-state index < -0.39 is 11.7 Å². The van der Waals surface area contributed by atoms with Gasteiger partial charge in [-0.05, 0) is 47.7 Å². The number of phenolic OH excluding ortho intramolecular Hbond substituents is 1. The molecule has 1 amide bonds. The number of aliphatic imine (C=N–C) groups is 1. The van der Waals surface area contributed by atoms with Gasteiger partial charge in [0.2, 0.25) is 5.75 Å². The molecule has 3 N–H and O–H groups in total. The number of amides is 1. The van der Waals surface area contributed by atoms with Crippen LogP contribution in [0.4, 0.5) is 5.69 Å². The molecule has 0 atom stereocenters. The normalized spacial score (nSPS) is 16.4. The Morgan fingerprint density at radius 3 is 2.30 bits per heavy atom. The molecule has 30 heavy (non-hydrogen) atoms. The Kier molecular flexibility index (Phi) is 5.88. The molecule has 0 bridgehead atoms. The molecule has 0 unspecified atom stereocenters. The highest BCUT2D eigenvalue weighted by Crippen LogP contribution is 2.39. The standard InChI is InChI=1S/C20H18N2O7S/c1-22-18(25)16(8-10-6-14(28-2)17(24)15(7-10)29-3)30-20(22)21-11-4-5-12(19(26)27)13(23)9-11/h4-9,23-24H,1-3H3,(H,26,27)/b16-8-,21-20?. The molecule has 1 saturated heterocycles. The number of benzene rings is 2. The number of phenols is 2. The van der Waals surface area contributed by atoms with Gasteiger partial charge in [0.25, 0.3) is 5.91 Å². The lowest BCUT2D eigenvalue weighted by Gasteiger charge is -2.09. The highest BCUT2D eigenvalue weighted by molar-refractivity contribution is 8.18. The molecule has 9 nitrogen and oxygen atoms in total. The van der Waals surface area contributed by atoms with Gasteiger partial charge in [-0.1, -0.05) is 0 Å². The summed E-state index contributed by atoms with van der Waals surface area (Å²) in [6.07, 6.45) is 1.61. The van der Waals surface area contributed by atoms with Gasteiger partial charge in [-0.25, -0.2) is 9.79 Å². The molecule has 3 rings (SSSR count). The molecular weight excluding hydrogens is 412 g/mol. The number of aromatic carboxylic acids is 1. The summed E-state index contributed by atoms with van der Waals surface area (Å²) in [6, 6.07) is 7.02. The zero-order valence-corrected chi connectivity index (χ0v) is 17.1. The zero-order valence-electron chi connectivity index (χ0n) is 16.2. The molecule has 1 aliphatic heterocycles. The summed E-state index contributed by atoms with van der Waals surface area (Å²) in [5.41, 5.74) is 0.641. The van der Waals surface area contributed by atoms with Crippen LogP contribution in [0, 0.1) is 0 Å². The second-order valence-corrected chi connectivity index (χ2v) is 7.16. The first kappa shape index (κ1) is 21.1. The average molecular weight is 430 g/mol. The average Bonchev–Trinajstić information content (AvgIpc) is 2.96. The van der Waals surface area contributed by atoms with Crippen LogP contribution in [0.5, 0.6) is 23.0 Å². The van der Waals surface area contributed by atoms with Gasteiger partial charge in [-0.15, -0.1) is 0 Å².